The van der Waals surface area contributed by atoms with Crippen LogP contribution in [0.1, 0.15) is 22.3 Å². The average Bonchev–Trinajstić information content (AvgIpc) is 2.62. The van der Waals surface area contributed by atoms with E-state index < -0.39 is 28.5 Å². The van der Waals surface area contributed by atoms with Gasteiger partial charge in [0.25, 0.3) is 5.91 Å². The molecule has 10 heteroatoms. The lowest BCUT2D eigenvalue weighted by Crippen LogP contribution is -2.38. The van der Waals surface area contributed by atoms with Gasteiger partial charge in [-0.15, -0.1) is 0 Å². The molecule has 148 valence electrons. The second-order valence-corrected chi connectivity index (χ2v) is 8.33. The maximum Gasteiger partial charge on any atom is 0.338 e. The van der Waals surface area contributed by atoms with E-state index in [4.69, 9.17) is 4.74 Å². The second kappa shape index (κ2) is 8.38. The van der Waals surface area contributed by atoms with Crippen molar-refractivity contribution >= 4 is 33.5 Å². The molecule has 0 saturated carbocycles. The maximum atomic E-state index is 12.2. The van der Waals surface area contributed by atoms with Crippen LogP contribution in [0.25, 0.3) is 0 Å². The molecule has 0 unspecified atom stereocenters. The number of esters is 1. The molecule has 1 aromatic rings. The molecule has 2 amide bonds. The molecule has 1 heterocycles. The van der Waals surface area contributed by atoms with Gasteiger partial charge in [-0.2, -0.15) is 0 Å². The van der Waals surface area contributed by atoms with Gasteiger partial charge < -0.3 is 15.0 Å². The molecular formula is C17H23N3O6S. The molecule has 1 aliphatic rings. The number of nitrogens with zero attached hydrogens (tertiary/aromatic N) is 2. The Morgan fingerprint density at radius 1 is 1.26 bits per heavy atom. The van der Waals surface area contributed by atoms with E-state index in [2.05, 4.69) is 5.32 Å². The van der Waals surface area contributed by atoms with Crippen molar-refractivity contribution in [1.29, 1.82) is 0 Å². The van der Waals surface area contributed by atoms with E-state index in [1.54, 1.807) is 26.2 Å². The largest absolute Gasteiger partial charge is 0.452 e. The van der Waals surface area contributed by atoms with Crippen LogP contribution < -0.4 is 9.62 Å². The summed E-state index contributed by atoms with van der Waals surface area (Å²) in [5, 5.41) is 2.36. The zero-order chi connectivity index (χ0) is 20.2. The van der Waals surface area contributed by atoms with Gasteiger partial charge in [0.05, 0.1) is 24.1 Å². The molecule has 0 radical (unpaired) electrons. The maximum absolute atomic E-state index is 12.2. The summed E-state index contributed by atoms with van der Waals surface area (Å²) >= 11 is 0. The van der Waals surface area contributed by atoms with Crippen molar-refractivity contribution < 1.29 is 27.5 Å². The van der Waals surface area contributed by atoms with Gasteiger partial charge in [0.15, 0.2) is 6.61 Å². The number of fused-ring (bicyclic) bond motifs is 1. The number of carbonyl (C=O) groups excluding carboxylic acids is 3. The number of hydrogen-bond acceptors (Lipinski definition) is 6. The fraction of sp³-hybridized carbons (Fsp3) is 0.471. The van der Waals surface area contributed by atoms with Crippen LogP contribution in [0.3, 0.4) is 0 Å². The molecule has 1 aromatic carbocycles. The van der Waals surface area contributed by atoms with Crippen molar-refractivity contribution in [3.05, 3.63) is 29.3 Å². The molecule has 1 aliphatic heterocycles. The van der Waals surface area contributed by atoms with Gasteiger partial charge in [0, 0.05) is 20.6 Å². The predicted molar refractivity (Wildman–Crippen MR) is 98.9 cm³/mol. The number of ether oxygens (including phenoxy) is 1. The highest BCUT2D eigenvalue weighted by molar-refractivity contribution is 7.92. The Morgan fingerprint density at radius 3 is 2.59 bits per heavy atom. The van der Waals surface area contributed by atoms with Crippen molar-refractivity contribution in [2.75, 3.05) is 44.4 Å². The molecule has 27 heavy (non-hydrogen) atoms. The van der Waals surface area contributed by atoms with Crippen molar-refractivity contribution in [3.8, 4) is 0 Å². The summed E-state index contributed by atoms with van der Waals surface area (Å²) in [4.78, 5) is 36.5. The molecule has 2 rings (SSSR count). The van der Waals surface area contributed by atoms with Crippen LogP contribution in [0.2, 0.25) is 0 Å². The van der Waals surface area contributed by atoms with E-state index in [0.717, 1.165) is 11.8 Å². The molecule has 1 N–H and O–H groups in total. The zero-order valence-corrected chi connectivity index (χ0v) is 16.3. The smallest absolute Gasteiger partial charge is 0.338 e. The van der Waals surface area contributed by atoms with Crippen molar-refractivity contribution in [2.24, 2.45) is 0 Å². The number of carbonyl (C=O) groups is 3. The number of anilines is 1. The number of aryl methyl sites for hydroxylation is 1. The number of likely N-dealkylation sites (N-methyl/N-ethyl adjacent to an activating group) is 1. The summed E-state index contributed by atoms with van der Waals surface area (Å²) in [6.07, 6.45) is 2.44. The van der Waals surface area contributed by atoms with E-state index in [1.807, 2.05) is 0 Å². The Morgan fingerprint density at radius 2 is 1.96 bits per heavy atom. The third-order valence-electron chi connectivity index (χ3n) is 4.06. The van der Waals surface area contributed by atoms with Crippen LogP contribution in [-0.2, 0) is 30.8 Å². The van der Waals surface area contributed by atoms with Gasteiger partial charge >= 0.3 is 5.97 Å². The van der Waals surface area contributed by atoms with E-state index in [9.17, 15) is 22.8 Å². The number of sulfonamides is 1. The minimum Gasteiger partial charge on any atom is -0.452 e. The van der Waals surface area contributed by atoms with Gasteiger partial charge in [-0.3, -0.25) is 13.9 Å². The molecular weight excluding hydrogens is 374 g/mol. The van der Waals surface area contributed by atoms with E-state index in [-0.39, 0.29) is 18.0 Å². The SMILES string of the molecule is CN(C)C(=O)CNC(=O)COC(=O)c1ccc2c(c1)CCCN2S(C)(=O)=O. The number of hydrogen-bond donors (Lipinski definition) is 1. The lowest BCUT2D eigenvalue weighted by atomic mass is 10.0. The van der Waals surface area contributed by atoms with Crippen molar-refractivity contribution in [2.45, 2.75) is 12.8 Å². The molecule has 0 fully saturated rings. The number of benzene rings is 1. The Labute approximate surface area is 158 Å². The van der Waals surface area contributed by atoms with Crippen molar-refractivity contribution in [3.63, 3.8) is 0 Å². The zero-order valence-electron chi connectivity index (χ0n) is 15.5. The quantitative estimate of drug-likeness (QED) is 0.663. The Balaban J connectivity index is 1.98. The summed E-state index contributed by atoms with van der Waals surface area (Å²) in [6, 6.07) is 4.63. The Bertz CT molecular complexity index is 850. The molecule has 0 saturated heterocycles. The summed E-state index contributed by atoms with van der Waals surface area (Å²) in [5.74, 6) is -1.55. The minimum atomic E-state index is -3.38. The van der Waals surface area contributed by atoms with Crippen LogP contribution in [-0.4, -0.2) is 71.1 Å². The van der Waals surface area contributed by atoms with Crippen LogP contribution in [0.4, 0.5) is 5.69 Å². The Kier molecular flexibility index (Phi) is 6.42. The van der Waals surface area contributed by atoms with Gasteiger partial charge in [-0.05, 0) is 36.6 Å². The topological polar surface area (TPSA) is 113 Å². The highest BCUT2D eigenvalue weighted by Gasteiger charge is 2.25. The number of amides is 2. The Hall–Kier alpha value is -2.62. The minimum absolute atomic E-state index is 0.177. The first-order chi connectivity index (χ1) is 12.6. The first kappa shape index (κ1) is 20.7. The molecule has 0 aliphatic carbocycles. The summed E-state index contributed by atoms with van der Waals surface area (Å²) in [7, 11) is -0.250. The predicted octanol–water partition coefficient (Wildman–Crippen LogP) is -0.240. The molecule has 0 aromatic heterocycles. The lowest BCUT2D eigenvalue weighted by molar-refractivity contribution is -0.131. The monoisotopic (exact) mass is 397 g/mol. The average molecular weight is 397 g/mol. The standard InChI is InChI=1S/C17H23N3O6S/c1-19(2)16(22)10-18-15(21)11-26-17(23)13-6-7-14-12(9-13)5-4-8-20(14)27(3,24)25/h6-7,9H,4-5,8,10-11H2,1-3H3,(H,18,21). The first-order valence-electron chi connectivity index (χ1n) is 8.34. The van der Waals surface area contributed by atoms with Crippen molar-refractivity contribution in [1.82, 2.24) is 10.2 Å². The first-order valence-corrected chi connectivity index (χ1v) is 10.2. The van der Waals surface area contributed by atoms with Crippen LogP contribution in [0.15, 0.2) is 18.2 Å². The van der Waals surface area contributed by atoms with E-state index in [0.29, 0.717) is 25.1 Å². The fourth-order valence-corrected chi connectivity index (χ4v) is 3.63. The second-order valence-electron chi connectivity index (χ2n) is 6.42. The third kappa shape index (κ3) is 5.43. The molecule has 0 bridgehead atoms. The van der Waals surface area contributed by atoms with E-state index >= 15 is 0 Å². The number of nitrogens with one attached hydrogen (secondary N) is 1. The molecule has 9 nitrogen and oxygen atoms in total. The lowest BCUT2D eigenvalue weighted by Gasteiger charge is -2.29. The van der Waals surface area contributed by atoms with Gasteiger partial charge in [0.1, 0.15) is 0 Å². The van der Waals surface area contributed by atoms with Gasteiger partial charge in [-0.25, -0.2) is 13.2 Å². The number of rotatable bonds is 6. The van der Waals surface area contributed by atoms with Gasteiger partial charge in [0.2, 0.25) is 15.9 Å². The molecule has 0 atom stereocenters. The van der Waals surface area contributed by atoms with Crippen LogP contribution in [0, 0.1) is 0 Å². The normalized spacial score (nSPS) is 13.5. The fourth-order valence-electron chi connectivity index (χ4n) is 2.63. The van der Waals surface area contributed by atoms with Gasteiger partial charge in [-0.1, -0.05) is 0 Å². The summed E-state index contributed by atoms with van der Waals surface area (Å²) < 4.78 is 30.0. The summed E-state index contributed by atoms with van der Waals surface area (Å²) in [6.45, 7) is -0.281. The summed E-state index contributed by atoms with van der Waals surface area (Å²) in [5.41, 5.74) is 1.53. The highest BCUT2D eigenvalue weighted by atomic mass is 32.2. The van der Waals surface area contributed by atoms with Crippen LogP contribution in [0.5, 0.6) is 0 Å². The van der Waals surface area contributed by atoms with Crippen LogP contribution >= 0.6 is 0 Å². The molecule has 0 spiro atoms. The highest BCUT2D eigenvalue weighted by Crippen LogP contribution is 2.30. The van der Waals surface area contributed by atoms with E-state index in [1.165, 1.54) is 15.3 Å². The third-order valence-corrected chi connectivity index (χ3v) is 5.24.